The van der Waals surface area contributed by atoms with Crippen LogP contribution in [-0.2, 0) is 9.53 Å². The molecule has 0 radical (unpaired) electrons. The van der Waals surface area contributed by atoms with Gasteiger partial charge in [0.1, 0.15) is 17.7 Å². The van der Waals surface area contributed by atoms with Crippen molar-refractivity contribution in [2.24, 2.45) is 5.92 Å². The van der Waals surface area contributed by atoms with Crippen LogP contribution in [-0.4, -0.2) is 49.1 Å². The molecule has 3 aliphatic rings. The number of nitrogens with zero attached hydrogens (tertiary/aromatic N) is 2. The van der Waals surface area contributed by atoms with E-state index in [1.165, 1.54) is 11.0 Å². The number of amides is 1. The van der Waals surface area contributed by atoms with Crippen molar-refractivity contribution in [3.05, 3.63) is 24.0 Å². The number of carbonyl (C=O) groups excluding carboxylic acids is 2. The van der Waals surface area contributed by atoms with Crippen LogP contribution in [0.3, 0.4) is 0 Å². The fourth-order valence-corrected chi connectivity index (χ4v) is 4.59. The van der Waals surface area contributed by atoms with Crippen LogP contribution in [0.1, 0.15) is 32.1 Å². The van der Waals surface area contributed by atoms with Crippen LogP contribution in [0.2, 0.25) is 0 Å². The molecule has 5 nitrogen and oxygen atoms in total. The highest BCUT2D eigenvalue weighted by Gasteiger charge is 2.35. The predicted octanol–water partition coefficient (Wildman–Crippen LogP) is 3.85. The van der Waals surface area contributed by atoms with Crippen LogP contribution in [0.4, 0.5) is 20.6 Å². The van der Waals surface area contributed by atoms with Gasteiger partial charge in [-0.05, 0) is 49.6 Å². The first-order valence-corrected chi connectivity index (χ1v) is 10.9. The van der Waals surface area contributed by atoms with E-state index in [-0.39, 0.29) is 23.6 Å². The normalized spacial score (nSPS) is 23.3. The zero-order valence-electron chi connectivity index (χ0n) is 15.4. The average molecular weight is 392 g/mol. The molecule has 0 bridgehead atoms. The van der Waals surface area contributed by atoms with Gasteiger partial charge in [0.2, 0.25) is 0 Å². The summed E-state index contributed by atoms with van der Waals surface area (Å²) in [5.74, 6) is 2.31. The average Bonchev–Trinajstić information content (AvgIpc) is 3.46. The maximum absolute atomic E-state index is 14.7. The van der Waals surface area contributed by atoms with Crippen molar-refractivity contribution in [2.75, 3.05) is 40.9 Å². The molecule has 1 saturated carbocycles. The molecular weight excluding hydrogens is 367 g/mol. The number of cyclic esters (lactones) is 1. The first-order valence-electron chi connectivity index (χ1n) is 9.75. The zero-order valence-corrected chi connectivity index (χ0v) is 16.2. The van der Waals surface area contributed by atoms with Gasteiger partial charge in [0.15, 0.2) is 0 Å². The minimum absolute atomic E-state index is 0.234. The lowest BCUT2D eigenvalue weighted by atomic mass is 10.1. The first-order chi connectivity index (χ1) is 13.1. The number of carbonyl (C=O) groups is 2. The summed E-state index contributed by atoms with van der Waals surface area (Å²) in [6, 6.07) is 4.97. The Balaban J connectivity index is 1.39. The minimum Gasteiger partial charge on any atom is -0.444 e. The van der Waals surface area contributed by atoms with Gasteiger partial charge < -0.3 is 9.64 Å². The number of rotatable bonds is 6. The second kappa shape index (κ2) is 8.09. The topological polar surface area (TPSA) is 49.9 Å². The Kier molecular flexibility index (Phi) is 5.57. The van der Waals surface area contributed by atoms with E-state index in [0.29, 0.717) is 30.8 Å². The second-order valence-corrected chi connectivity index (χ2v) is 8.71. The molecule has 0 unspecified atom stereocenters. The van der Waals surface area contributed by atoms with Gasteiger partial charge >= 0.3 is 6.09 Å². The summed E-state index contributed by atoms with van der Waals surface area (Å²) in [6.07, 6.45) is 3.28. The van der Waals surface area contributed by atoms with Crippen LogP contribution in [0, 0.1) is 11.7 Å². The Morgan fingerprint density at radius 1 is 1.26 bits per heavy atom. The number of ether oxygens (including phenoxy) is 1. The summed E-state index contributed by atoms with van der Waals surface area (Å²) in [4.78, 5) is 27.6. The monoisotopic (exact) mass is 392 g/mol. The molecule has 1 aliphatic carbocycles. The summed E-state index contributed by atoms with van der Waals surface area (Å²) in [5, 5.41) is 0. The number of halogens is 1. The highest BCUT2D eigenvalue weighted by atomic mass is 32.2. The maximum atomic E-state index is 14.7. The SMILES string of the molecule is O=C(CC[C@H]1CN(c2ccc(N3CCCSCC3)c(F)c2)C(=O)O1)C1CC1. The third-order valence-electron chi connectivity index (χ3n) is 5.43. The Labute approximate surface area is 163 Å². The standard InChI is InChI=1S/C20H25FN2O3S/c21-17-12-15(4-6-18(17)22-8-1-10-27-11-9-22)23-13-16(26-20(23)25)5-7-19(24)14-2-3-14/h4,6,12,14,16H,1-3,5,7-11,13H2/t16-/m0/s1. The Hall–Kier alpha value is -1.76. The largest absolute Gasteiger partial charge is 0.444 e. The Bertz CT molecular complexity index is 717. The molecule has 2 aliphatic heterocycles. The van der Waals surface area contributed by atoms with E-state index in [0.717, 1.165) is 43.9 Å². The summed E-state index contributed by atoms with van der Waals surface area (Å²) in [7, 11) is 0. The number of benzene rings is 1. The molecule has 0 N–H and O–H groups in total. The second-order valence-electron chi connectivity index (χ2n) is 7.48. The van der Waals surface area contributed by atoms with E-state index in [2.05, 4.69) is 4.90 Å². The molecule has 1 aromatic carbocycles. The van der Waals surface area contributed by atoms with Gasteiger partial charge in [0.05, 0.1) is 17.9 Å². The molecule has 27 heavy (non-hydrogen) atoms. The number of thioether (sulfide) groups is 1. The van der Waals surface area contributed by atoms with Crippen LogP contribution in [0.15, 0.2) is 18.2 Å². The minimum atomic E-state index is -0.461. The molecular formula is C20H25FN2O3S. The lowest BCUT2D eigenvalue weighted by Gasteiger charge is -2.24. The van der Waals surface area contributed by atoms with Gasteiger partial charge in [-0.25, -0.2) is 9.18 Å². The molecule has 1 aromatic rings. The fourth-order valence-electron chi connectivity index (χ4n) is 3.70. The fraction of sp³-hybridized carbons (Fsp3) is 0.600. The number of hydrogen-bond donors (Lipinski definition) is 0. The van der Waals surface area contributed by atoms with Gasteiger partial charge in [0.25, 0.3) is 0 Å². The first kappa shape index (κ1) is 18.6. The maximum Gasteiger partial charge on any atom is 0.414 e. The van der Waals surface area contributed by atoms with Crippen LogP contribution >= 0.6 is 11.8 Å². The van der Waals surface area contributed by atoms with E-state index >= 15 is 0 Å². The Morgan fingerprint density at radius 2 is 2.11 bits per heavy atom. The smallest absolute Gasteiger partial charge is 0.414 e. The molecule has 0 spiro atoms. The van der Waals surface area contributed by atoms with E-state index in [9.17, 15) is 14.0 Å². The predicted molar refractivity (Wildman–Crippen MR) is 105 cm³/mol. The van der Waals surface area contributed by atoms with Gasteiger partial charge in [-0.2, -0.15) is 11.8 Å². The number of anilines is 2. The quantitative estimate of drug-likeness (QED) is 0.736. The van der Waals surface area contributed by atoms with Crippen molar-refractivity contribution in [3.63, 3.8) is 0 Å². The highest BCUT2D eigenvalue weighted by Crippen LogP contribution is 2.33. The van der Waals surface area contributed by atoms with Crippen LogP contribution < -0.4 is 9.80 Å². The molecule has 1 amide bonds. The summed E-state index contributed by atoms with van der Waals surface area (Å²) < 4.78 is 20.1. The molecule has 7 heteroatoms. The number of hydrogen-bond acceptors (Lipinski definition) is 5. The molecule has 3 fully saturated rings. The summed E-state index contributed by atoms with van der Waals surface area (Å²) in [5.41, 5.74) is 1.11. The van der Waals surface area contributed by atoms with Gasteiger partial charge in [-0.15, -0.1) is 0 Å². The van der Waals surface area contributed by atoms with Crippen LogP contribution in [0.5, 0.6) is 0 Å². The third-order valence-corrected chi connectivity index (χ3v) is 6.47. The molecule has 0 aromatic heterocycles. The van der Waals surface area contributed by atoms with Gasteiger partial charge in [0, 0.05) is 31.2 Å². The van der Waals surface area contributed by atoms with Crippen molar-refractivity contribution in [1.82, 2.24) is 0 Å². The zero-order chi connectivity index (χ0) is 18.8. The molecule has 1 atom stereocenters. The van der Waals surface area contributed by atoms with Gasteiger partial charge in [-0.1, -0.05) is 0 Å². The van der Waals surface area contributed by atoms with Crippen molar-refractivity contribution in [2.45, 2.75) is 38.2 Å². The summed E-state index contributed by atoms with van der Waals surface area (Å²) >= 11 is 1.90. The van der Waals surface area contributed by atoms with Crippen molar-refractivity contribution in [1.29, 1.82) is 0 Å². The molecule has 2 saturated heterocycles. The third kappa shape index (κ3) is 4.39. The van der Waals surface area contributed by atoms with E-state index in [1.54, 1.807) is 12.1 Å². The lowest BCUT2D eigenvalue weighted by Crippen LogP contribution is -2.27. The van der Waals surface area contributed by atoms with Crippen molar-refractivity contribution < 1.29 is 18.7 Å². The van der Waals surface area contributed by atoms with Crippen molar-refractivity contribution in [3.8, 4) is 0 Å². The number of Topliss-reactive ketones (excluding diaryl/α,β-unsaturated/α-hetero) is 1. The van der Waals surface area contributed by atoms with Crippen LogP contribution in [0.25, 0.3) is 0 Å². The Morgan fingerprint density at radius 3 is 2.89 bits per heavy atom. The van der Waals surface area contributed by atoms with Crippen molar-refractivity contribution >= 4 is 35.0 Å². The highest BCUT2D eigenvalue weighted by molar-refractivity contribution is 7.99. The molecule has 2 heterocycles. The van der Waals surface area contributed by atoms with E-state index < -0.39 is 6.09 Å². The van der Waals surface area contributed by atoms with Gasteiger partial charge in [-0.3, -0.25) is 9.69 Å². The van der Waals surface area contributed by atoms with E-state index in [1.807, 2.05) is 11.8 Å². The van der Waals surface area contributed by atoms with E-state index in [4.69, 9.17) is 4.74 Å². The molecule has 146 valence electrons. The lowest BCUT2D eigenvalue weighted by molar-refractivity contribution is -0.120. The molecule has 4 rings (SSSR count). The number of ketones is 1. The summed E-state index contributed by atoms with van der Waals surface area (Å²) in [6.45, 7) is 2.06.